The minimum absolute atomic E-state index is 0.0366. The average molecular weight is 505 g/mol. The van der Waals surface area contributed by atoms with Crippen molar-refractivity contribution in [3.05, 3.63) is 76.9 Å². The van der Waals surface area contributed by atoms with E-state index in [0.717, 1.165) is 31.2 Å². The summed E-state index contributed by atoms with van der Waals surface area (Å²) in [6.45, 7) is 1.53. The van der Waals surface area contributed by atoms with E-state index in [1.807, 2.05) is 6.07 Å². The summed E-state index contributed by atoms with van der Waals surface area (Å²) in [6.07, 6.45) is 12.8. The standard InChI is InChI=1S/C29H33FN4O3/c1-18-24(17-37-34-18)26(36)15-22(19-7-5-3-2-4-6-8-19)29-32-25-10-9-21(27(30)28(25)33-29)23(16-35)20-11-13-31-14-12-20/h9-14,17,19,22-23,35H,2-8,15-16H2,1H3,(H,32,33). The number of H-pyrrole nitrogens is 1. The Hall–Kier alpha value is -3.39. The predicted octanol–water partition coefficient (Wildman–Crippen LogP) is 6.23. The molecule has 37 heavy (non-hydrogen) atoms. The Morgan fingerprint density at radius 2 is 1.86 bits per heavy atom. The number of nitrogens with one attached hydrogen (secondary N) is 1. The molecule has 5 rings (SSSR count). The van der Waals surface area contributed by atoms with Crippen LogP contribution in [0.15, 0.2) is 47.4 Å². The van der Waals surface area contributed by atoms with Gasteiger partial charge in [0.15, 0.2) is 11.6 Å². The number of aliphatic hydroxyl groups is 1. The number of ketones is 1. The number of aliphatic hydroxyl groups excluding tert-OH is 1. The molecule has 3 heterocycles. The number of aryl methyl sites for hydroxylation is 1. The number of imidazole rings is 1. The first-order valence-corrected chi connectivity index (χ1v) is 13.2. The molecular weight excluding hydrogens is 471 g/mol. The molecule has 2 N–H and O–H groups in total. The van der Waals surface area contributed by atoms with Gasteiger partial charge in [-0.2, -0.15) is 0 Å². The zero-order chi connectivity index (χ0) is 25.8. The lowest BCUT2D eigenvalue weighted by molar-refractivity contribution is 0.0956. The third kappa shape index (κ3) is 5.34. The normalized spacial score (nSPS) is 16.8. The van der Waals surface area contributed by atoms with Gasteiger partial charge < -0.3 is 14.6 Å². The second-order valence-electron chi connectivity index (χ2n) is 10.2. The zero-order valence-electron chi connectivity index (χ0n) is 21.1. The highest BCUT2D eigenvalue weighted by atomic mass is 19.1. The number of carbonyl (C=O) groups is 1. The van der Waals surface area contributed by atoms with Crippen molar-refractivity contribution in [3.63, 3.8) is 0 Å². The van der Waals surface area contributed by atoms with E-state index in [-0.39, 0.29) is 36.2 Å². The summed E-state index contributed by atoms with van der Waals surface area (Å²) in [6, 6.07) is 7.08. The molecule has 1 aromatic carbocycles. The quantitative estimate of drug-likeness (QED) is 0.275. The minimum Gasteiger partial charge on any atom is -0.395 e. The fourth-order valence-electron chi connectivity index (χ4n) is 5.75. The first-order valence-electron chi connectivity index (χ1n) is 13.2. The molecule has 1 saturated carbocycles. The van der Waals surface area contributed by atoms with Crippen molar-refractivity contribution in [3.8, 4) is 0 Å². The lowest BCUT2D eigenvalue weighted by Gasteiger charge is -2.27. The van der Waals surface area contributed by atoms with Gasteiger partial charge in [0.05, 0.1) is 23.4 Å². The number of pyridine rings is 1. The Morgan fingerprint density at radius 1 is 1.14 bits per heavy atom. The van der Waals surface area contributed by atoms with E-state index in [1.165, 1.54) is 25.5 Å². The highest BCUT2D eigenvalue weighted by Gasteiger charge is 2.31. The van der Waals surface area contributed by atoms with Crippen LogP contribution in [0.1, 0.15) is 96.2 Å². The Bertz CT molecular complexity index is 1340. The highest BCUT2D eigenvalue weighted by Crippen LogP contribution is 2.38. The summed E-state index contributed by atoms with van der Waals surface area (Å²) in [5.41, 5.74) is 3.07. The Labute approximate surface area is 215 Å². The lowest BCUT2D eigenvalue weighted by Crippen LogP contribution is -2.20. The van der Waals surface area contributed by atoms with E-state index in [9.17, 15) is 9.90 Å². The Morgan fingerprint density at radius 3 is 2.54 bits per heavy atom. The maximum atomic E-state index is 15.9. The molecule has 1 aliphatic carbocycles. The second-order valence-corrected chi connectivity index (χ2v) is 10.2. The van der Waals surface area contributed by atoms with Crippen LogP contribution < -0.4 is 0 Å². The topological polar surface area (TPSA) is 105 Å². The second kappa shape index (κ2) is 11.3. The molecule has 2 atom stereocenters. The smallest absolute Gasteiger partial charge is 0.168 e. The maximum Gasteiger partial charge on any atom is 0.168 e. The Kier molecular flexibility index (Phi) is 7.74. The molecule has 194 valence electrons. The van der Waals surface area contributed by atoms with Crippen LogP contribution in [-0.2, 0) is 0 Å². The third-order valence-corrected chi connectivity index (χ3v) is 7.83. The van der Waals surface area contributed by atoms with Gasteiger partial charge in [-0.05, 0) is 49.4 Å². The molecule has 3 aromatic heterocycles. The monoisotopic (exact) mass is 504 g/mol. The number of rotatable bonds is 8. The van der Waals surface area contributed by atoms with Gasteiger partial charge in [0.2, 0.25) is 0 Å². The van der Waals surface area contributed by atoms with E-state index < -0.39 is 11.7 Å². The first kappa shape index (κ1) is 25.3. The van der Waals surface area contributed by atoms with Crippen LogP contribution >= 0.6 is 0 Å². The summed E-state index contributed by atoms with van der Waals surface area (Å²) in [4.78, 5) is 25.4. The van der Waals surface area contributed by atoms with Crippen molar-refractivity contribution >= 4 is 16.8 Å². The van der Waals surface area contributed by atoms with Crippen molar-refractivity contribution in [2.24, 2.45) is 5.92 Å². The molecular formula is C29H33FN4O3. The molecule has 0 amide bonds. The number of nitrogens with zero attached hydrogens (tertiary/aromatic N) is 3. The highest BCUT2D eigenvalue weighted by molar-refractivity contribution is 5.97. The third-order valence-electron chi connectivity index (χ3n) is 7.83. The van der Waals surface area contributed by atoms with Gasteiger partial charge in [0, 0.05) is 36.2 Å². The van der Waals surface area contributed by atoms with Crippen molar-refractivity contribution in [1.82, 2.24) is 20.1 Å². The van der Waals surface area contributed by atoms with Crippen molar-refractivity contribution in [2.45, 2.75) is 70.1 Å². The molecule has 0 bridgehead atoms. The number of hydrogen-bond acceptors (Lipinski definition) is 6. The molecule has 0 aliphatic heterocycles. The molecule has 2 unspecified atom stereocenters. The molecule has 7 nitrogen and oxygen atoms in total. The van der Waals surface area contributed by atoms with E-state index in [0.29, 0.717) is 28.2 Å². The van der Waals surface area contributed by atoms with Crippen molar-refractivity contribution in [2.75, 3.05) is 6.61 Å². The van der Waals surface area contributed by atoms with Gasteiger partial charge in [-0.3, -0.25) is 9.78 Å². The summed E-state index contributed by atoms with van der Waals surface area (Å²) < 4.78 is 20.9. The first-order chi connectivity index (χ1) is 18.1. The molecule has 0 spiro atoms. The number of aromatic nitrogens is 4. The predicted molar refractivity (Wildman–Crippen MR) is 138 cm³/mol. The van der Waals surface area contributed by atoms with Crippen LogP contribution in [0.5, 0.6) is 0 Å². The van der Waals surface area contributed by atoms with Gasteiger partial charge in [0.1, 0.15) is 17.6 Å². The zero-order valence-corrected chi connectivity index (χ0v) is 21.1. The van der Waals surface area contributed by atoms with E-state index in [4.69, 9.17) is 9.51 Å². The molecule has 1 fully saturated rings. The van der Waals surface area contributed by atoms with Gasteiger partial charge in [0.25, 0.3) is 0 Å². The minimum atomic E-state index is -0.521. The number of Topliss-reactive ketones (excluding diaryl/α,β-unsaturated/α-hetero) is 1. The molecule has 0 saturated heterocycles. The SMILES string of the molecule is Cc1nocc1C(=O)CC(c1nc2c(F)c(C(CO)c3ccncc3)ccc2[nH]1)C1CCCCCCC1. The van der Waals surface area contributed by atoms with Gasteiger partial charge in [-0.15, -0.1) is 0 Å². The number of benzene rings is 1. The fraction of sp³-hybridized carbons (Fsp3) is 0.448. The van der Waals surface area contributed by atoms with Gasteiger partial charge in [-0.1, -0.05) is 43.3 Å². The van der Waals surface area contributed by atoms with Gasteiger partial charge in [-0.25, -0.2) is 9.37 Å². The van der Waals surface area contributed by atoms with E-state index in [2.05, 4.69) is 15.1 Å². The number of carbonyl (C=O) groups excluding carboxylic acids is 1. The summed E-state index contributed by atoms with van der Waals surface area (Å²) in [5.74, 6) is -0.256. The van der Waals surface area contributed by atoms with Crippen LogP contribution in [0.4, 0.5) is 4.39 Å². The van der Waals surface area contributed by atoms with Crippen LogP contribution in [0.2, 0.25) is 0 Å². The number of aromatic amines is 1. The van der Waals surface area contributed by atoms with Crippen molar-refractivity contribution in [1.29, 1.82) is 0 Å². The number of hydrogen-bond donors (Lipinski definition) is 2. The summed E-state index contributed by atoms with van der Waals surface area (Å²) in [5, 5.41) is 14.0. The van der Waals surface area contributed by atoms with Crippen LogP contribution in [0.25, 0.3) is 11.0 Å². The Balaban J connectivity index is 1.52. The molecule has 0 radical (unpaired) electrons. The lowest BCUT2D eigenvalue weighted by atomic mass is 9.78. The fourth-order valence-corrected chi connectivity index (χ4v) is 5.75. The van der Waals surface area contributed by atoms with Crippen LogP contribution in [0, 0.1) is 18.7 Å². The van der Waals surface area contributed by atoms with E-state index in [1.54, 1.807) is 37.5 Å². The van der Waals surface area contributed by atoms with Crippen LogP contribution in [-0.4, -0.2) is 37.6 Å². The summed E-state index contributed by atoms with van der Waals surface area (Å²) in [7, 11) is 0. The molecule has 1 aliphatic rings. The summed E-state index contributed by atoms with van der Waals surface area (Å²) >= 11 is 0. The average Bonchev–Trinajstić information content (AvgIpc) is 3.52. The number of halogens is 1. The van der Waals surface area contributed by atoms with E-state index >= 15 is 4.39 Å². The van der Waals surface area contributed by atoms with Crippen molar-refractivity contribution < 1.29 is 18.8 Å². The maximum absolute atomic E-state index is 15.9. The largest absolute Gasteiger partial charge is 0.395 e. The van der Waals surface area contributed by atoms with Gasteiger partial charge >= 0.3 is 0 Å². The van der Waals surface area contributed by atoms with Crippen LogP contribution in [0.3, 0.4) is 0 Å². The number of fused-ring (bicyclic) bond motifs is 1. The molecule has 4 aromatic rings. The molecule has 8 heteroatoms.